The summed E-state index contributed by atoms with van der Waals surface area (Å²) in [5.41, 5.74) is 3.41. The largest absolute Gasteiger partial charge is 0.321 e. The molecule has 0 aliphatic carbocycles. The summed E-state index contributed by atoms with van der Waals surface area (Å²) < 4.78 is 0.794. The van der Waals surface area contributed by atoms with Crippen LogP contribution in [0.1, 0.15) is 21.5 Å². The second-order valence-corrected chi connectivity index (χ2v) is 5.25. The fourth-order valence-corrected chi connectivity index (χ4v) is 2.46. The van der Waals surface area contributed by atoms with Gasteiger partial charge in [-0.1, -0.05) is 0 Å². The fraction of sp³-hybridized carbons (Fsp3) is 0.167. The Balaban J connectivity index is 2.19. The van der Waals surface area contributed by atoms with Crippen molar-refractivity contribution in [2.24, 2.45) is 0 Å². The Labute approximate surface area is 112 Å². The fourth-order valence-electron chi connectivity index (χ4n) is 1.42. The minimum absolute atomic E-state index is 0.0905. The number of hydrogen-bond acceptors (Lipinski definition) is 3. The Morgan fingerprint density at radius 2 is 2.12 bits per heavy atom. The zero-order valence-electron chi connectivity index (χ0n) is 9.45. The van der Waals surface area contributed by atoms with Crippen molar-refractivity contribution in [2.45, 2.75) is 13.8 Å². The predicted molar refractivity (Wildman–Crippen MR) is 73.7 cm³/mol. The van der Waals surface area contributed by atoms with Gasteiger partial charge in [0.25, 0.3) is 5.91 Å². The van der Waals surface area contributed by atoms with E-state index in [1.807, 2.05) is 30.7 Å². The van der Waals surface area contributed by atoms with Crippen molar-refractivity contribution in [2.75, 3.05) is 5.32 Å². The van der Waals surface area contributed by atoms with Gasteiger partial charge >= 0.3 is 0 Å². The van der Waals surface area contributed by atoms with E-state index in [1.54, 1.807) is 6.20 Å². The summed E-state index contributed by atoms with van der Waals surface area (Å²) in [5.74, 6) is -0.0905. The number of pyridine rings is 1. The molecule has 2 aromatic rings. The normalized spacial score (nSPS) is 10.3. The summed E-state index contributed by atoms with van der Waals surface area (Å²) >= 11 is 4.85. The first-order chi connectivity index (χ1) is 8.08. The van der Waals surface area contributed by atoms with Gasteiger partial charge in [-0.2, -0.15) is 11.3 Å². The monoisotopic (exact) mass is 310 g/mol. The number of thiophene rings is 1. The van der Waals surface area contributed by atoms with E-state index in [4.69, 9.17) is 0 Å². The van der Waals surface area contributed by atoms with Crippen LogP contribution in [0.5, 0.6) is 0 Å². The maximum Gasteiger partial charge on any atom is 0.256 e. The molecule has 0 saturated carbocycles. The van der Waals surface area contributed by atoms with Crippen LogP contribution in [-0.2, 0) is 0 Å². The molecule has 0 fully saturated rings. The van der Waals surface area contributed by atoms with Crippen LogP contribution in [-0.4, -0.2) is 10.9 Å². The van der Waals surface area contributed by atoms with E-state index in [-0.39, 0.29) is 5.91 Å². The molecular weight excluding hydrogens is 300 g/mol. The first kappa shape index (κ1) is 12.3. The van der Waals surface area contributed by atoms with Crippen LogP contribution in [0.3, 0.4) is 0 Å². The van der Waals surface area contributed by atoms with Crippen LogP contribution in [0.4, 0.5) is 5.69 Å². The van der Waals surface area contributed by atoms with Crippen LogP contribution < -0.4 is 5.32 Å². The molecule has 0 saturated heterocycles. The topological polar surface area (TPSA) is 42.0 Å². The van der Waals surface area contributed by atoms with Gasteiger partial charge in [0.05, 0.1) is 17.4 Å². The summed E-state index contributed by atoms with van der Waals surface area (Å²) in [6, 6.07) is 1.89. The van der Waals surface area contributed by atoms with E-state index in [1.165, 1.54) is 11.3 Å². The Morgan fingerprint density at radius 1 is 1.35 bits per heavy atom. The second-order valence-electron chi connectivity index (χ2n) is 3.75. The molecule has 0 aromatic carbocycles. The lowest BCUT2D eigenvalue weighted by molar-refractivity contribution is 0.102. The standard InChI is InChI=1S/C12H11BrN2OS/c1-7-3-9(4-14-11(7)13)15-12(16)10-6-17-5-8(10)2/h3-6H,1-2H3,(H,15,16). The molecule has 2 heterocycles. The highest BCUT2D eigenvalue weighted by atomic mass is 79.9. The molecular formula is C12H11BrN2OS. The molecule has 1 amide bonds. The summed E-state index contributed by atoms with van der Waals surface area (Å²) in [7, 11) is 0. The van der Waals surface area contributed by atoms with Crippen molar-refractivity contribution in [3.8, 4) is 0 Å². The molecule has 2 rings (SSSR count). The average Bonchev–Trinajstić information content (AvgIpc) is 2.70. The molecule has 0 aliphatic rings. The van der Waals surface area contributed by atoms with Gasteiger partial charge in [-0.05, 0) is 52.4 Å². The van der Waals surface area contributed by atoms with Gasteiger partial charge in [0.15, 0.2) is 0 Å². The maximum atomic E-state index is 11.9. The number of nitrogens with zero attached hydrogens (tertiary/aromatic N) is 1. The van der Waals surface area contributed by atoms with Gasteiger partial charge in [0.1, 0.15) is 4.60 Å². The van der Waals surface area contributed by atoms with E-state index in [0.717, 1.165) is 21.3 Å². The molecule has 5 heteroatoms. The summed E-state index contributed by atoms with van der Waals surface area (Å²) in [6.07, 6.45) is 1.64. The van der Waals surface area contributed by atoms with Gasteiger partial charge in [-0.3, -0.25) is 4.79 Å². The number of aromatic nitrogens is 1. The Kier molecular flexibility index (Phi) is 3.59. The molecule has 88 valence electrons. The zero-order valence-corrected chi connectivity index (χ0v) is 11.9. The van der Waals surface area contributed by atoms with Gasteiger partial charge in [-0.15, -0.1) is 0 Å². The van der Waals surface area contributed by atoms with Crippen molar-refractivity contribution >= 4 is 38.9 Å². The highest BCUT2D eigenvalue weighted by Gasteiger charge is 2.10. The highest BCUT2D eigenvalue weighted by molar-refractivity contribution is 9.10. The number of hydrogen-bond donors (Lipinski definition) is 1. The number of carbonyl (C=O) groups excluding carboxylic acids is 1. The van der Waals surface area contributed by atoms with Crippen molar-refractivity contribution in [1.29, 1.82) is 0 Å². The van der Waals surface area contributed by atoms with Crippen molar-refractivity contribution < 1.29 is 4.79 Å². The number of halogens is 1. The Bertz CT molecular complexity index is 565. The quantitative estimate of drug-likeness (QED) is 0.858. The van der Waals surface area contributed by atoms with Crippen molar-refractivity contribution in [3.63, 3.8) is 0 Å². The van der Waals surface area contributed by atoms with E-state index >= 15 is 0 Å². The van der Waals surface area contributed by atoms with Gasteiger partial charge in [-0.25, -0.2) is 4.98 Å². The predicted octanol–water partition coefficient (Wildman–Crippen LogP) is 3.77. The van der Waals surface area contributed by atoms with Crippen molar-refractivity contribution in [3.05, 3.63) is 44.3 Å². The molecule has 0 aliphatic heterocycles. The molecule has 0 bridgehead atoms. The van der Waals surface area contributed by atoms with Gasteiger partial charge in [0, 0.05) is 5.38 Å². The van der Waals surface area contributed by atoms with E-state index < -0.39 is 0 Å². The Morgan fingerprint density at radius 3 is 2.71 bits per heavy atom. The number of anilines is 1. The van der Waals surface area contributed by atoms with E-state index in [0.29, 0.717) is 5.69 Å². The summed E-state index contributed by atoms with van der Waals surface area (Å²) in [5, 5.41) is 6.65. The van der Waals surface area contributed by atoms with E-state index in [2.05, 4.69) is 26.2 Å². The first-order valence-corrected chi connectivity index (χ1v) is 6.78. The number of amides is 1. The lowest BCUT2D eigenvalue weighted by atomic mass is 10.2. The zero-order chi connectivity index (χ0) is 12.4. The molecule has 0 radical (unpaired) electrons. The van der Waals surface area contributed by atoms with Crippen molar-refractivity contribution in [1.82, 2.24) is 4.98 Å². The smallest absolute Gasteiger partial charge is 0.256 e. The number of rotatable bonds is 2. The SMILES string of the molecule is Cc1cscc1C(=O)Nc1cnc(Br)c(C)c1. The van der Waals surface area contributed by atoms with Crippen LogP contribution in [0.2, 0.25) is 0 Å². The van der Waals surface area contributed by atoms with Gasteiger partial charge < -0.3 is 5.32 Å². The molecule has 0 spiro atoms. The highest BCUT2D eigenvalue weighted by Crippen LogP contribution is 2.19. The summed E-state index contributed by atoms with van der Waals surface area (Å²) in [4.78, 5) is 16.1. The number of aryl methyl sites for hydroxylation is 2. The lowest BCUT2D eigenvalue weighted by Gasteiger charge is -2.06. The van der Waals surface area contributed by atoms with Crippen LogP contribution in [0.15, 0.2) is 27.6 Å². The summed E-state index contributed by atoms with van der Waals surface area (Å²) in [6.45, 7) is 3.86. The minimum Gasteiger partial charge on any atom is -0.321 e. The molecule has 17 heavy (non-hydrogen) atoms. The third kappa shape index (κ3) is 2.73. The number of nitrogens with one attached hydrogen (secondary N) is 1. The second kappa shape index (κ2) is 4.98. The lowest BCUT2D eigenvalue weighted by Crippen LogP contribution is -2.12. The first-order valence-electron chi connectivity index (χ1n) is 5.04. The molecule has 0 atom stereocenters. The number of carbonyl (C=O) groups is 1. The maximum absolute atomic E-state index is 11.9. The van der Waals surface area contributed by atoms with Crippen LogP contribution >= 0.6 is 27.3 Å². The molecule has 2 aromatic heterocycles. The van der Waals surface area contributed by atoms with Gasteiger partial charge in [0.2, 0.25) is 0 Å². The van der Waals surface area contributed by atoms with E-state index in [9.17, 15) is 4.79 Å². The minimum atomic E-state index is -0.0905. The molecule has 3 nitrogen and oxygen atoms in total. The Hall–Kier alpha value is -1.20. The molecule has 0 unspecified atom stereocenters. The third-order valence-electron chi connectivity index (χ3n) is 2.37. The average molecular weight is 311 g/mol. The molecule has 1 N–H and O–H groups in total. The third-order valence-corrected chi connectivity index (χ3v) is 4.06. The van der Waals surface area contributed by atoms with Crippen LogP contribution in [0, 0.1) is 13.8 Å². The van der Waals surface area contributed by atoms with Crippen LogP contribution in [0.25, 0.3) is 0 Å².